The summed E-state index contributed by atoms with van der Waals surface area (Å²) in [6.07, 6.45) is 0.916. The number of hydrogen-bond donors (Lipinski definition) is 2. The predicted octanol–water partition coefficient (Wildman–Crippen LogP) is -0.353. The van der Waals surface area contributed by atoms with Gasteiger partial charge in [0.05, 0.1) is 0 Å². The van der Waals surface area contributed by atoms with Gasteiger partial charge in [0.15, 0.2) is 9.84 Å². The van der Waals surface area contributed by atoms with Gasteiger partial charge in [0.1, 0.15) is 11.8 Å². The Balaban J connectivity index is 4.68. The van der Waals surface area contributed by atoms with Crippen molar-refractivity contribution < 1.29 is 23.1 Å². The molecule has 0 aromatic carbocycles. The van der Waals surface area contributed by atoms with Gasteiger partial charge in [-0.1, -0.05) is 20.8 Å². The molecule has 0 aromatic heterocycles. The Hall–Kier alpha value is -1.11. The molecule has 0 heterocycles. The minimum Gasteiger partial charge on any atom is -0.480 e. The topological polar surface area (TPSA) is 101 Å². The van der Waals surface area contributed by atoms with E-state index in [-0.39, 0.29) is 0 Å². The van der Waals surface area contributed by atoms with Crippen LogP contribution in [0.1, 0.15) is 20.8 Å². The molecular formula is C9H17NO5S. The molecule has 0 rings (SSSR count). The monoisotopic (exact) mass is 251 g/mol. The van der Waals surface area contributed by atoms with E-state index in [2.05, 4.69) is 5.32 Å². The summed E-state index contributed by atoms with van der Waals surface area (Å²) in [7, 11) is -3.45. The van der Waals surface area contributed by atoms with Gasteiger partial charge in [-0.2, -0.15) is 0 Å². The number of carboxylic acids is 1. The quantitative estimate of drug-likeness (QED) is 0.711. The van der Waals surface area contributed by atoms with Crippen molar-refractivity contribution in [2.24, 2.45) is 5.41 Å². The van der Waals surface area contributed by atoms with Crippen LogP contribution in [0.5, 0.6) is 0 Å². The van der Waals surface area contributed by atoms with Gasteiger partial charge in [0, 0.05) is 6.26 Å². The first-order valence-electron chi connectivity index (χ1n) is 4.63. The fourth-order valence-corrected chi connectivity index (χ4v) is 1.65. The van der Waals surface area contributed by atoms with Crippen LogP contribution in [0.15, 0.2) is 0 Å². The highest BCUT2D eigenvalue weighted by atomic mass is 32.2. The lowest BCUT2D eigenvalue weighted by Crippen LogP contribution is -2.50. The zero-order valence-corrected chi connectivity index (χ0v) is 10.6. The third-order valence-corrected chi connectivity index (χ3v) is 2.60. The molecule has 0 aliphatic heterocycles. The number of nitrogens with one attached hydrogen (secondary N) is 1. The third kappa shape index (κ3) is 5.69. The highest BCUT2D eigenvalue weighted by Gasteiger charge is 2.32. The number of rotatable bonds is 4. The van der Waals surface area contributed by atoms with Crippen molar-refractivity contribution in [3.8, 4) is 0 Å². The summed E-state index contributed by atoms with van der Waals surface area (Å²) >= 11 is 0. The fourth-order valence-electron chi connectivity index (χ4n) is 1.09. The van der Waals surface area contributed by atoms with E-state index in [1.807, 2.05) is 0 Å². The van der Waals surface area contributed by atoms with Crippen LogP contribution in [0.25, 0.3) is 0 Å². The second-order valence-electron chi connectivity index (χ2n) is 4.77. The molecule has 0 saturated carbocycles. The van der Waals surface area contributed by atoms with Crippen molar-refractivity contribution in [1.29, 1.82) is 0 Å². The first kappa shape index (κ1) is 14.9. The Labute approximate surface area is 95.0 Å². The molecule has 0 spiro atoms. The smallest absolute Gasteiger partial charge is 0.326 e. The highest BCUT2D eigenvalue weighted by Crippen LogP contribution is 2.19. The lowest BCUT2D eigenvalue weighted by molar-refractivity contribution is -0.144. The molecule has 0 fully saturated rings. The van der Waals surface area contributed by atoms with Crippen molar-refractivity contribution in [3.63, 3.8) is 0 Å². The largest absolute Gasteiger partial charge is 0.480 e. The van der Waals surface area contributed by atoms with Crippen molar-refractivity contribution in [2.45, 2.75) is 26.8 Å². The first-order chi connectivity index (χ1) is 6.93. The van der Waals surface area contributed by atoms with Crippen LogP contribution >= 0.6 is 0 Å². The van der Waals surface area contributed by atoms with E-state index >= 15 is 0 Å². The predicted molar refractivity (Wildman–Crippen MR) is 58.7 cm³/mol. The third-order valence-electron chi connectivity index (χ3n) is 1.81. The maximum atomic E-state index is 11.3. The van der Waals surface area contributed by atoms with Crippen molar-refractivity contribution in [3.05, 3.63) is 0 Å². The summed E-state index contributed by atoms with van der Waals surface area (Å²) in [6, 6.07) is -1.11. The van der Waals surface area contributed by atoms with Gasteiger partial charge in [-0.25, -0.2) is 13.2 Å². The van der Waals surface area contributed by atoms with E-state index in [1.54, 1.807) is 20.8 Å². The maximum Gasteiger partial charge on any atom is 0.326 e. The zero-order valence-electron chi connectivity index (χ0n) is 9.77. The molecule has 2 N–H and O–H groups in total. The van der Waals surface area contributed by atoms with E-state index in [9.17, 15) is 18.0 Å². The van der Waals surface area contributed by atoms with Crippen LogP contribution in [-0.2, 0) is 19.4 Å². The second-order valence-corrected chi connectivity index (χ2v) is 6.92. The highest BCUT2D eigenvalue weighted by molar-refractivity contribution is 7.91. The Morgan fingerprint density at radius 2 is 1.75 bits per heavy atom. The average molecular weight is 251 g/mol. The lowest BCUT2D eigenvalue weighted by Gasteiger charge is -2.27. The van der Waals surface area contributed by atoms with Gasteiger partial charge in [-0.05, 0) is 5.41 Å². The molecule has 7 heteroatoms. The van der Waals surface area contributed by atoms with Gasteiger partial charge in [0.2, 0.25) is 5.91 Å². The summed E-state index contributed by atoms with van der Waals surface area (Å²) in [5, 5.41) is 11.1. The van der Waals surface area contributed by atoms with Crippen molar-refractivity contribution in [2.75, 3.05) is 12.0 Å². The summed E-state index contributed by atoms with van der Waals surface area (Å²) in [6.45, 7) is 4.94. The molecule has 0 aliphatic rings. The Bertz CT molecular complexity index is 379. The first-order valence-corrected chi connectivity index (χ1v) is 6.69. The Morgan fingerprint density at radius 1 is 1.31 bits per heavy atom. The second kappa shape index (κ2) is 4.82. The van der Waals surface area contributed by atoms with E-state index in [4.69, 9.17) is 5.11 Å². The summed E-state index contributed by atoms with van der Waals surface area (Å²) in [4.78, 5) is 22.1. The Kier molecular flexibility index (Phi) is 4.48. The minimum atomic E-state index is -3.45. The number of amides is 1. The van der Waals surface area contributed by atoms with Crippen molar-refractivity contribution >= 4 is 21.7 Å². The van der Waals surface area contributed by atoms with Gasteiger partial charge in [-0.15, -0.1) is 0 Å². The SMILES string of the molecule is CC(C)(C)[C@@H](NC(=O)CS(C)(=O)=O)C(=O)O. The maximum absolute atomic E-state index is 11.3. The van der Waals surface area contributed by atoms with Gasteiger partial charge >= 0.3 is 5.97 Å². The average Bonchev–Trinajstić information content (AvgIpc) is 1.93. The molecule has 0 aliphatic carbocycles. The number of sulfone groups is 1. The minimum absolute atomic E-state index is 0.682. The van der Waals surface area contributed by atoms with Crippen LogP contribution < -0.4 is 5.32 Å². The number of hydrogen-bond acceptors (Lipinski definition) is 4. The number of carbonyl (C=O) groups excluding carboxylic acids is 1. The molecule has 0 unspecified atom stereocenters. The normalized spacial score (nSPS) is 14.2. The summed E-state index contributed by atoms with van der Waals surface area (Å²) < 4.78 is 21.7. The molecule has 94 valence electrons. The molecule has 1 amide bonds. The number of carboxylic acid groups (broad SMARTS) is 1. The molecule has 0 radical (unpaired) electrons. The van der Waals surface area contributed by atoms with E-state index < -0.39 is 38.9 Å². The summed E-state index contributed by atoms with van der Waals surface area (Å²) in [5.41, 5.74) is -0.682. The molecule has 0 bridgehead atoms. The standard InChI is InChI=1S/C9H17NO5S/c1-9(2,3)7(8(12)13)10-6(11)5-16(4,14)15/h7H,5H2,1-4H3,(H,10,11)(H,12,13)/t7-/m0/s1. The van der Waals surface area contributed by atoms with Gasteiger partial charge in [-0.3, -0.25) is 4.79 Å². The van der Waals surface area contributed by atoms with E-state index in [0.717, 1.165) is 6.26 Å². The van der Waals surface area contributed by atoms with E-state index in [0.29, 0.717) is 0 Å². The van der Waals surface area contributed by atoms with Crippen LogP contribution in [0.3, 0.4) is 0 Å². The number of carbonyl (C=O) groups is 2. The molecule has 1 atom stereocenters. The molecule has 6 nitrogen and oxygen atoms in total. The van der Waals surface area contributed by atoms with Gasteiger partial charge in [0.25, 0.3) is 0 Å². The zero-order chi connectivity index (χ0) is 13.1. The Morgan fingerprint density at radius 3 is 2.00 bits per heavy atom. The van der Waals surface area contributed by atoms with E-state index in [1.165, 1.54) is 0 Å². The molecule has 0 saturated heterocycles. The van der Waals surface area contributed by atoms with Crippen molar-refractivity contribution in [1.82, 2.24) is 5.32 Å². The molecule has 0 aromatic rings. The number of aliphatic carboxylic acids is 1. The molecular weight excluding hydrogens is 234 g/mol. The van der Waals surface area contributed by atoms with Crippen LogP contribution in [-0.4, -0.2) is 43.5 Å². The lowest BCUT2D eigenvalue weighted by atomic mass is 9.87. The van der Waals surface area contributed by atoms with Crippen LogP contribution in [0, 0.1) is 5.41 Å². The molecule has 16 heavy (non-hydrogen) atoms. The summed E-state index contributed by atoms with van der Waals surface area (Å²) in [5.74, 6) is -2.69. The van der Waals surface area contributed by atoms with Crippen LogP contribution in [0.2, 0.25) is 0 Å². The van der Waals surface area contributed by atoms with Gasteiger partial charge < -0.3 is 10.4 Å². The fraction of sp³-hybridized carbons (Fsp3) is 0.778. The van der Waals surface area contributed by atoms with Crippen LogP contribution in [0.4, 0.5) is 0 Å².